The van der Waals surface area contributed by atoms with Gasteiger partial charge in [-0.05, 0) is 23.8 Å². The molecule has 0 amide bonds. The first kappa shape index (κ1) is 7.97. The Bertz CT molecular complexity index is 398. The normalized spacial score (nSPS) is 10.5. The molecule has 2 heterocycles. The van der Waals surface area contributed by atoms with E-state index in [1.807, 2.05) is 19.1 Å². The van der Waals surface area contributed by atoms with Crippen molar-refractivity contribution in [3.8, 4) is 0 Å². The second kappa shape index (κ2) is 3.38. The second-order valence-corrected chi connectivity index (χ2v) is 2.64. The third-order valence-electron chi connectivity index (χ3n) is 1.60. The molecule has 0 atom stereocenters. The van der Waals surface area contributed by atoms with Crippen molar-refractivity contribution < 1.29 is 4.84 Å². The van der Waals surface area contributed by atoms with Gasteiger partial charge >= 0.3 is 0 Å². The van der Waals surface area contributed by atoms with Gasteiger partial charge in [-0.3, -0.25) is 0 Å². The van der Waals surface area contributed by atoms with Crippen LogP contribution in [0.4, 0.5) is 0 Å². The average Bonchev–Trinajstić information content (AvgIpc) is 2.58. The third kappa shape index (κ3) is 1.44. The lowest BCUT2D eigenvalue weighted by Gasteiger charge is -2.00. The summed E-state index contributed by atoms with van der Waals surface area (Å²) in [5.74, 6) is 0. The largest absolute Gasteiger partial charge is 0.394 e. The van der Waals surface area contributed by atoms with Crippen LogP contribution in [0.1, 0.15) is 13.3 Å². The number of hydrogen-bond donors (Lipinski definition) is 0. The molecule has 0 aliphatic heterocycles. The minimum absolute atomic E-state index is 0.620. The van der Waals surface area contributed by atoms with Crippen molar-refractivity contribution in [1.82, 2.24) is 20.1 Å². The van der Waals surface area contributed by atoms with Crippen LogP contribution in [-0.2, 0) is 0 Å². The molecule has 0 unspecified atom stereocenters. The molecule has 0 radical (unpaired) electrons. The molecule has 0 aromatic carbocycles. The zero-order valence-electron chi connectivity index (χ0n) is 7.34. The van der Waals surface area contributed by atoms with Crippen LogP contribution in [0.2, 0.25) is 0 Å². The molecule has 0 bridgehead atoms. The highest BCUT2D eigenvalue weighted by atomic mass is 16.7. The van der Waals surface area contributed by atoms with Crippen LogP contribution in [0.5, 0.6) is 0 Å². The zero-order valence-corrected chi connectivity index (χ0v) is 7.34. The maximum absolute atomic E-state index is 5.29. The molecule has 2 aromatic heterocycles. The summed E-state index contributed by atoms with van der Waals surface area (Å²) in [5, 5.41) is 7.71. The van der Waals surface area contributed by atoms with Gasteiger partial charge in [0.15, 0.2) is 0 Å². The van der Waals surface area contributed by atoms with Crippen LogP contribution in [0.3, 0.4) is 0 Å². The second-order valence-electron chi connectivity index (χ2n) is 2.64. The Labute approximate surface area is 75.3 Å². The number of nitrogens with zero attached hydrogens (tertiary/aromatic N) is 4. The lowest BCUT2D eigenvalue weighted by atomic mass is 10.4. The van der Waals surface area contributed by atoms with Gasteiger partial charge in [-0.25, -0.2) is 4.98 Å². The first-order valence-corrected chi connectivity index (χ1v) is 4.21. The standard InChI is InChI=1S/C8H10N4O/c1-2-6-13-12-8-7(10-11-12)4-3-5-9-8/h3-5H,2,6H2,1H3. The molecular weight excluding hydrogens is 168 g/mol. The fourth-order valence-corrected chi connectivity index (χ4v) is 1.01. The van der Waals surface area contributed by atoms with E-state index in [1.165, 1.54) is 4.85 Å². The molecule has 0 aliphatic rings. The summed E-state index contributed by atoms with van der Waals surface area (Å²) < 4.78 is 0. The van der Waals surface area contributed by atoms with Gasteiger partial charge in [0.25, 0.3) is 0 Å². The van der Waals surface area contributed by atoms with E-state index in [0.29, 0.717) is 12.3 Å². The van der Waals surface area contributed by atoms with Gasteiger partial charge in [0.2, 0.25) is 5.65 Å². The Balaban J connectivity index is 2.35. The molecule has 13 heavy (non-hydrogen) atoms. The number of hydrogen-bond acceptors (Lipinski definition) is 4. The van der Waals surface area contributed by atoms with Crippen molar-refractivity contribution >= 4 is 11.2 Å². The summed E-state index contributed by atoms with van der Waals surface area (Å²) in [5.41, 5.74) is 1.41. The van der Waals surface area contributed by atoms with Crippen LogP contribution < -0.4 is 4.84 Å². The van der Waals surface area contributed by atoms with E-state index in [4.69, 9.17) is 4.84 Å². The van der Waals surface area contributed by atoms with Crippen molar-refractivity contribution in [2.24, 2.45) is 0 Å². The summed E-state index contributed by atoms with van der Waals surface area (Å²) in [6.45, 7) is 2.65. The minimum atomic E-state index is 0.620. The average molecular weight is 178 g/mol. The maximum Gasteiger partial charge on any atom is 0.219 e. The Hall–Kier alpha value is -1.65. The minimum Gasteiger partial charge on any atom is -0.394 e. The summed E-state index contributed by atoms with van der Waals surface area (Å²) in [6.07, 6.45) is 2.63. The van der Waals surface area contributed by atoms with E-state index in [-0.39, 0.29) is 0 Å². The van der Waals surface area contributed by atoms with Gasteiger partial charge in [0.1, 0.15) is 12.1 Å². The van der Waals surface area contributed by atoms with Gasteiger partial charge in [-0.15, -0.1) is 5.10 Å². The van der Waals surface area contributed by atoms with Crippen molar-refractivity contribution in [2.75, 3.05) is 6.61 Å². The molecule has 0 saturated heterocycles. The first-order valence-electron chi connectivity index (χ1n) is 4.21. The SMILES string of the molecule is CCCOn1nnc2cccnc21. The van der Waals surface area contributed by atoms with Crippen molar-refractivity contribution in [2.45, 2.75) is 13.3 Å². The number of fused-ring (bicyclic) bond motifs is 1. The summed E-state index contributed by atoms with van der Waals surface area (Å²) >= 11 is 0. The van der Waals surface area contributed by atoms with Gasteiger partial charge in [0.05, 0.1) is 0 Å². The van der Waals surface area contributed by atoms with E-state index in [2.05, 4.69) is 15.3 Å². The molecule has 0 saturated carbocycles. The molecule has 2 rings (SSSR count). The van der Waals surface area contributed by atoms with E-state index in [9.17, 15) is 0 Å². The van der Waals surface area contributed by atoms with E-state index < -0.39 is 0 Å². The number of pyridine rings is 1. The van der Waals surface area contributed by atoms with E-state index in [0.717, 1.165) is 11.9 Å². The molecule has 5 heteroatoms. The fraction of sp³-hybridized carbons (Fsp3) is 0.375. The van der Waals surface area contributed by atoms with E-state index >= 15 is 0 Å². The number of aromatic nitrogens is 4. The molecule has 5 nitrogen and oxygen atoms in total. The molecule has 2 aromatic rings. The van der Waals surface area contributed by atoms with Crippen LogP contribution in [0, 0.1) is 0 Å². The highest BCUT2D eigenvalue weighted by Crippen LogP contribution is 2.03. The fourth-order valence-electron chi connectivity index (χ4n) is 1.01. The quantitative estimate of drug-likeness (QED) is 0.693. The Kier molecular flexibility index (Phi) is 2.08. The summed E-state index contributed by atoms with van der Waals surface area (Å²) in [6, 6.07) is 3.67. The number of rotatable bonds is 3. The lowest BCUT2D eigenvalue weighted by molar-refractivity contribution is 0.0866. The van der Waals surface area contributed by atoms with Crippen LogP contribution in [-0.4, -0.2) is 26.7 Å². The molecule has 0 spiro atoms. The van der Waals surface area contributed by atoms with Crippen molar-refractivity contribution in [3.63, 3.8) is 0 Å². The smallest absolute Gasteiger partial charge is 0.219 e. The first-order chi connectivity index (χ1) is 6.42. The summed E-state index contributed by atoms with van der Waals surface area (Å²) in [4.78, 5) is 10.8. The van der Waals surface area contributed by atoms with Crippen LogP contribution >= 0.6 is 0 Å². The molecule has 68 valence electrons. The van der Waals surface area contributed by atoms with E-state index in [1.54, 1.807) is 6.20 Å². The maximum atomic E-state index is 5.29. The van der Waals surface area contributed by atoms with Gasteiger partial charge in [0, 0.05) is 6.20 Å². The van der Waals surface area contributed by atoms with Crippen molar-refractivity contribution in [3.05, 3.63) is 18.3 Å². The third-order valence-corrected chi connectivity index (χ3v) is 1.60. The Morgan fingerprint density at radius 1 is 1.54 bits per heavy atom. The molecule has 0 fully saturated rings. The lowest BCUT2D eigenvalue weighted by Crippen LogP contribution is -2.14. The zero-order chi connectivity index (χ0) is 9.10. The highest BCUT2D eigenvalue weighted by molar-refractivity contribution is 5.68. The Morgan fingerprint density at radius 3 is 3.31 bits per heavy atom. The molecule has 0 aliphatic carbocycles. The molecular formula is C8H10N4O. The summed E-state index contributed by atoms with van der Waals surface area (Å²) in [7, 11) is 0. The monoisotopic (exact) mass is 178 g/mol. The topological polar surface area (TPSA) is 52.8 Å². The predicted octanol–water partition coefficient (Wildman–Crippen LogP) is 0.665. The molecule has 0 N–H and O–H groups in total. The Morgan fingerprint density at radius 2 is 2.46 bits per heavy atom. The predicted molar refractivity (Wildman–Crippen MR) is 47.1 cm³/mol. The highest BCUT2D eigenvalue weighted by Gasteiger charge is 2.03. The van der Waals surface area contributed by atoms with Gasteiger partial charge < -0.3 is 4.84 Å². The van der Waals surface area contributed by atoms with Crippen LogP contribution in [0.15, 0.2) is 18.3 Å². The van der Waals surface area contributed by atoms with Crippen LogP contribution in [0.25, 0.3) is 11.2 Å². The van der Waals surface area contributed by atoms with Crippen molar-refractivity contribution in [1.29, 1.82) is 0 Å². The van der Waals surface area contributed by atoms with Gasteiger partial charge in [-0.2, -0.15) is 0 Å². The van der Waals surface area contributed by atoms with Gasteiger partial charge in [-0.1, -0.05) is 11.8 Å².